The van der Waals surface area contributed by atoms with Crippen LogP contribution in [0.25, 0.3) is 0 Å². The molecule has 1 saturated heterocycles. The highest BCUT2D eigenvalue weighted by Crippen LogP contribution is 2.22. The predicted molar refractivity (Wildman–Crippen MR) is 120 cm³/mol. The Labute approximate surface area is 189 Å². The van der Waals surface area contributed by atoms with Gasteiger partial charge in [-0.25, -0.2) is 0 Å². The number of nitrogens with zero attached hydrogens (tertiary/aromatic N) is 4. The Bertz CT molecular complexity index is 1130. The van der Waals surface area contributed by atoms with Gasteiger partial charge in [0.05, 0.1) is 0 Å². The standard InChI is InChI=1S/C22H22N6O3S/c1-27-14-23-26-22(27)32-13-15-4-6-16(7-5-15)20(30)24-25-21(31)17-8-10-18(11-9-17)28-12-2-3-19(28)29/h4-11,14H,2-3,12-13H2,1H3,(H,24,30)(H,25,31). The maximum Gasteiger partial charge on any atom is 0.269 e. The van der Waals surface area contributed by atoms with Crippen LogP contribution in [-0.2, 0) is 17.6 Å². The number of nitrogens with one attached hydrogen (secondary N) is 2. The second-order valence-electron chi connectivity index (χ2n) is 7.31. The Hall–Kier alpha value is -3.66. The van der Waals surface area contributed by atoms with Crippen LogP contribution in [0.1, 0.15) is 39.1 Å². The summed E-state index contributed by atoms with van der Waals surface area (Å²) in [5.74, 6) is -0.0586. The van der Waals surface area contributed by atoms with E-state index in [-0.39, 0.29) is 5.91 Å². The van der Waals surface area contributed by atoms with Crippen molar-refractivity contribution in [2.24, 2.45) is 7.05 Å². The topological polar surface area (TPSA) is 109 Å². The summed E-state index contributed by atoms with van der Waals surface area (Å²) in [6, 6.07) is 13.9. The van der Waals surface area contributed by atoms with Crippen LogP contribution in [0.4, 0.5) is 5.69 Å². The van der Waals surface area contributed by atoms with Gasteiger partial charge in [-0.1, -0.05) is 23.9 Å². The number of hydrogen-bond donors (Lipinski definition) is 2. The number of carbonyl (C=O) groups excluding carboxylic acids is 3. The molecule has 32 heavy (non-hydrogen) atoms. The van der Waals surface area contributed by atoms with Crippen molar-refractivity contribution in [1.29, 1.82) is 0 Å². The molecule has 0 bridgehead atoms. The third-order valence-electron chi connectivity index (χ3n) is 5.06. The number of hydrazine groups is 1. The molecule has 0 radical (unpaired) electrons. The lowest BCUT2D eigenvalue weighted by atomic mass is 10.1. The molecule has 4 rings (SSSR count). The average molecular weight is 451 g/mol. The first-order chi connectivity index (χ1) is 15.5. The van der Waals surface area contributed by atoms with Gasteiger partial charge < -0.3 is 9.47 Å². The van der Waals surface area contributed by atoms with E-state index in [1.807, 2.05) is 23.7 Å². The summed E-state index contributed by atoms with van der Waals surface area (Å²) in [6.07, 6.45) is 3.04. The Kier molecular flexibility index (Phi) is 6.50. The van der Waals surface area contributed by atoms with E-state index in [9.17, 15) is 14.4 Å². The molecule has 3 aromatic rings. The molecule has 2 N–H and O–H groups in total. The summed E-state index contributed by atoms with van der Waals surface area (Å²) < 4.78 is 1.84. The monoisotopic (exact) mass is 450 g/mol. The van der Waals surface area contributed by atoms with Crippen LogP contribution >= 0.6 is 11.8 Å². The van der Waals surface area contributed by atoms with Crippen molar-refractivity contribution in [2.45, 2.75) is 23.8 Å². The van der Waals surface area contributed by atoms with Crippen LogP contribution in [0.2, 0.25) is 0 Å². The van der Waals surface area contributed by atoms with E-state index < -0.39 is 11.8 Å². The van der Waals surface area contributed by atoms with Crippen LogP contribution < -0.4 is 15.8 Å². The number of carbonyl (C=O) groups is 3. The minimum Gasteiger partial charge on any atom is -0.312 e. The number of aromatic nitrogens is 3. The zero-order chi connectivity index (χ0) is 22.5. The van der Waals surface area contributed by atoms with Crippen LogP contribution in [0.3, 0.4) is 0 Å². The summed E-state index contributed by atoms with van der Waals surface area (Å²) >= 11 is 1.55. The van der Waals surface area contributed by atoms with Crippen molar-refractivity contribution in [1.82, 2.24) is 25.6 Å². The number of aryl methyl sites for hydroxylation is 1. The Morgan fingerprint density at radius 2 is 1.62 bits per heavy atom. The van der Waals surface area contributed by atoms with Crippen molar-refractivity contribution in [2.75, 3.05) is 11.4 Å². The highest BCUT2D eigenvalue weighted by molar-refractivity contribution is 7.98. The molecule has 1 aromatic heterocycles. The number of rotatable bonds is 6. The lowest BCUT2D eigenvalue weighted by Crippen LogP contribution is -2.41. The molecule has 0 aliphatic carbocycles. The molecule has 3 amide bonds. The Morgan fingerprint density at radius 1 is 1.00 bits per heavy atom. The minimum absolute atomic E-state index is 0.0905. The predicted octanol–water partition coefficient (Wildman–Crippen LogP) is 2.31. The van der Waals surface area contributed by atoms with E-state index in [1.165, 1.54) is 0 Å². The van der Waals surface area contributed by atoms with Crippen molar-refractivity contribution < 1.29 is 14.4 Å². The average Bonchev–Trinajstić information content (AvgIpc) is 3.44. The van der Waals surface area contributed by atoms with Crippen LogP contribution in [-0.4, -0.2) is 39.0 Å². The molecule has 1 aliphatic heterocycles. The van der Waals surface area contributed by atoms with Crippen molar-refractivity contribution in [3.8, 4) is 0 Å². The van der Waals surface area contributed by atoms with Crippen molar-refractivity contribution in [3.05, 3.63) is 71.5 Å². The first-order valence-corrected chi connectivity index (χ1v) is 11.1. The largest absolute Gasteiger partial charge is 0.312 e. The van der Waals surface area contributed by atoms with E-state index in [4.69, 9.17) is 0 Å². The highest BCUT2D eigenvalue weighted by atomic mass is 32.2. The lowest BCUT2D eigenvalue weighted by Gasteiger charge is -2.15. The van der Waals surface area contributed by atoms with Gasteiger partial charge in [0.1, 0.15) is 6.33 Å². The SMILES string of the molecule is Cn1cnnc1SCc1ccc(C(=O)NNC(=O)c2ccc(N3CCCC3=O)cc2)cc1. The normalized spacial score (nSPS) is 13.3. The third-order valence-corrected chi connectivity index (χ3v) is 6.16. The van der Waals surface area contributed by atoms with Gasteiger partial charge in [-0.3, -0.25) is 25.2 Å². The van der Waals surface area contributed by atoms with Gasteiger partial charge in [0.2, 0.25) is 5.91 Å². The van der Waals surface area contributed by atoms with Crippen LogP contribution in [0, 0.1) is 0 Å². The quantitative estimate of drug-likeness (QED) is 0.441. The second-order valence-corrected chi connectivity index (χ2v) is 8.26. The fourth-order valence-electron chi connectivity index (χ4n) is 3.28. The van der Waals surface area contributed by atoms with Crippen molar-refractivity contribution in [3.63, 3.8) is 0 Å². The zero-order valence-electron chi connectivity index (χ0n) is 17.4. The van der Waals surface area contributed by atoms with Crippen molar-refractivity contribution >= 4 is 35.2 Å². The fraction of sp³-hybridized carbons (Fsp3) is 0.227. The minimum atomic E-state index is -0.436. The van der Waals surface area contributed by atoms with Gasteiger partial charge in [0, 0.05) is 42.6 Å². The molecule has 1 fully saturated rings. The maximum atomic E-state index is 12.3. The summed E-state index contributed by atoms with van der Waals surface area (Å²) in [7, 11) is 1.88. The number of hydrogen-bond acceptors (Lipinski definition) is 6. The third kappa shape index (κ3) is 4.97. The first kappa shape index (κ1) is 21.6. The zero-order valence-corrected chi connectivity index (χ0v) is 18.3. The summed E-state index contributed by atoms with van der Waals surface area (Å²) in [5.41, 5.74) is 7.47. The molecule has 2 aromatic carbocycles. The number of amides is 3. The molecule has 0 atom stereocenters. The number of benzene rings is 2. The molecule has 0 saturated carbocycles. The molecular weight excluding hydrogens is 428 g/mol. The summed E-state index contributed by atoms with van der Waals surface area (Å²) in [4.78, 5) is 38.2. The van der Waals surface area contributed by atoms with Gasteiger partial charge >= 0.3 is 0 Å². The number of anilines is 1. The molecule has 164 valence electrons. The molecule has 1 aliphatic rings. The van der Waals surface area contributed by atoms with E-state index in [2.05, 4.69) is 21.0 Å². The summed E-state index contributed by atoms with van der Waals surface area (Å²) in [5, 5.41) is 8.68. The molecular formula is C22H22N6O3S. The number of thioether (sulfide) groups is 1. The van der Waals surface area contributed by atoms with Crippen LogP contribution in [0.5, 0.6) is 0 Å². The smallest absolute Gasteiger partial charge is 0.269 e. The Morgan fingerprint density at radius 3 is 2.16 bits per heavy atom. The van der Waals surface area contributed by atoms with Gasteiger partial charge in [-0.15, -0.1) is 10.2 Å². The maximum absolute atomic E-state index is 12.3. The molecule has 0 unspecified atom stereocenters. The van der Waals surface area contributed by atoms with E-state index >= 15 is 0 Å². The van der Waals surface area contributed by atoms with Crippen LogP contribution in [0.15, 0.2) is 60.0 Å². The van der Waals surface area contributed by atoms with E-state index in [1.54, 1.807) is 59.4 Å². The molecule has 2 heterocycles. The van der Waals surface area contributed by atoms with Gasteiger partial charge in [-0.2, -0.15) is 0 Å². The lowest BCUT2D eigenvalue weighted by molar-refractivity contribution is -0.117. The van der Waals surface area contributed by atoms with E-state index in [0.717, 1.165) is 22.8 Å². The Balaban J connectivity index is 1.28. The van der Waals surface area contributed by atoms with Gasteiger partial charge in [0.25, 0.3) is 11.8 Å². The molecule has 10 heteroatoms. The summed E-state index contributed by atoms with van der Waals surface area (Å²) in [6.45, 7) is 0.693. The van der Waals surface area contributed by atoms with Gasteiger partial charge in [0.15, 0.2) is 5.16 Å². The fourth-order valence-corrected chi connectivity index (χ4v) is 4.12. The highest BCUT2D eigenvalue weighted by Gasteiger charge is 2.21. The van der Waals surface area contributed by atoms with Gasteiger partial charge in [-0.05, 0) is 48.4 Å². The molecule has 0 spiro atoms. The second kappa shape index (κ2) is 9.65. The first-order valence-electron chi connectivity index (χ1n) is 10.1. The molecule has 9 nitrogen and oxygen atoms in total. The van der Waals surface area contributed by atoms with E-state index in [0.29, 0.717) is 29.8 Å².